The Labute approximate surface area is 126 Å². The predicted molar refractivity (Wildman–Crippen MR) is 81.7 cm³/mol. The van der Waals surface area contributed by atoms with E-state index >= 15 is 0 Å². The number of benzene rings is 1. The Morgan fingerprint density at radius 1 is 1.29 bits per heavy atom. The molecule has 1 unspecified atom stereocenters. The number of hydrogen-bond acceptors (Lipinski definition) is 3. The first-order valence-corrected chi connectivity index (χ1v) is 8.61. The standard InChI is InChI=1S/C15H21FN2O2S/c16-11-7-8-14(13(17)9-11)21(20)10-15(19)18-12-5-3-1-2-4-6-12/h7-9,12H,1-6,10,17H2,(H,18,19). The molecule has 1 aliphatic rings. The van der Waals surface area contributed by atoms with E-state index in [0.717, 1.165) is 31.7 Å². The van der Waals surface area contributed by atoms with Crippen molar-refractivity contribution in [3.63, 3.8) is 0 Å². The molecule has 0 heterocycles. The van der Waals surface area contributed by atoms with E-state index in [1.165, 1.54) is 25.0 Å². The summed E-state index contributed by atoms with van der Waals surface area (Å²) in [6.45, 7) is 0. The minimum atomic E-state index is -1.55. The smallest absolute Gasteiger partial charge is 0.233 e. The predicted octanol–water partition coefficient (Wildman–Crippen LogP) is 2.35. The van der Waals surface area contributed by atoms with Crippen LogP contribution in [0.2, 0.25) is 0 Å². The summed E-state index contributed by atoms with van der Waals surface area (Å²) in [4.78, 5) is 12.3. The fourth-order valence-corrected chi connectivity index (χ4v) is 3.64. The number of amides is 1. The number of nitrogens with two attached hydrogens (primary N) is 1. The van der Waals surface area contributed by atoms with Crippen LogP contribution in [0, 0.1) is 5.82 Å². The van der Waals surface area contributed by atoms with Crippen LogP contribution in [0.1, 0.15) is 38.5 Å². The van der Waals surface area contributed by atoms with Crippen molar-refractivity contribution in [3.8, 4) is 0 Å². The average molecular weight is 312 g/mol. The number of hydrogen-bond donors (Lipinski definition) is 2. The summed E-state index contributed by atoms with van der Waals surface area (Å²) in [5.74, 6) is -0.841. The van der Waals surface area contributed by atoms with Crippen molar-refractivity contribution in [3.05, 3.63) is 24.0 Å². The lowest BCUT2D eigenvalue weighted by molar-refractivity contribution is -0.119. The van der Waals surface area contributed by atoms with Crippen molar-refractivity contribution in [1.29, 1.82) is 0 Å². The molecule has 1 aromatic carbocycles. The van der Waals surface area contributed by atoms with Gasteiger partial charge in [-0.1, -0.05) is 25.7 Å². The lowest BCUT2D eigenvalue weighted by Gasteiger charge is -2.16. The molecular formula is C15H21FN2O2S. The van der Waals surface area contributed by atoms with Crippen molar-refractivity contribution >= 4 is 22.4 Å². The van der Waals surface area contributed by atoms with Crippen molar-refractivity contribution in [2.24, 2.45) is 0 Å². The third kappa shape index (κ3) is 4.81. The summed E-state index contributed by atoms with van der Waals surface area (Å²) in [6.07, 6.45) is 6.64. The van der Waals surface area contributed by atoms with Crippen LogP contribution >= 0.6 is 0 Å². The van der Waals surface area contributed by atoms with Crippen LogP contribution in [0.15, 0.2) is 23.1 Å². The first-order valence-electron chi connectivity index (χ1n) is 7.29. The molecule has 0 bridgehead atoms. The first-order chi connectivity index (χ1) is 10.1. The number of carbonyl (C=O) groups excluding carboxylic acids is 1. The van der Waals surface area contributed by atoms with Crippen molar-refractivity contribution in [2.75, 3.05) is 11.5 Å². The zero-order valence-corrected chi connectivity index (χ0v) is 12.8. The maximum Gasteiger partial charge on any atom is 0.233 e. The van der Waals surface area contributed by atoms with Gasteiger partial charge in [-0.2, -0.15) is 0 Å². The summed E-state index contributed by atoms with van der Waals surface area (Å²) < 4.78 is 25.1. The van der Waals surface area contributed by atoms with E-state index in [-0.39, 0.29) is 23.4 Å². The molecule has 0 saturated heterocycles. The Hall–Kier alpha value is -1.43. The van der Waals surface area contributed by atoms with Gasteiger partial charge < -0.3 is 11.1 Å². The Morgan fingerprint density at radius 2 is 1.95 bits per heavy atom. The largest absolute Gasteiger partial charge is 0.398 e. The van der Waals surface area contributed by atoms with Gasteiger partial charge in [-0.3, -0.25) is 9.00 Å². The van der Waals surface area contributed by atoms with E-state index in [1.54, 1.807) is 0 Å². The molecule has 0 spiro atoms. The molecule has 1 amide bonds. The van der Waals surface area contributed by atoms with Crippen LogP contribution in [0.5, 0.6) is 0 Å². The van der Waals surface area contributed by atoms with Gasteiger partial charge in [0.1, 0.15) is 11.6 Å². The second kappa shape index (κ2) is 7.54. The Bertz CT molecular complexity index is 528. The highest BCUT2D eigenvalue weighted by Gasteiger charge is 2.18. The van der Waals surface area contributed by atoms with E-state index in [2.05, 4.69) is 5.32 Å². The fraction of sp³-hybridized carbons (Fsp3) is 0.533. The van der Waals surface area contributed by atoms with Gasteiger partial charge in [-0.05, 0) is 31.0 Å². The van der Waals surface area contributed by atoms with Crippen molar-refractivity contribution < 1.29 is 13.4 Å². The molecule has 3 N–H and O–H groups in total. The zero-order valence-electron chi connectivity index (χ0n) is 11.9. The molecule has 1 aromatic rings. The molecule has 0 aliphatic heterocycles. The van der Waals surface area contributed by atoms with Crippen LogP contribution in [-0.2, 0) is 15.6 Å². The highest BCUT2D eigenvalue weighted by atomic mass is 32.2. The molecule has 1 saturated carbocycles. The van der Waals surface area contributed by atoms with Crippen LogP contribution in [0.25, 0.3) is 0 Å². The lowest BCUT2D eigenvalue weighted by atomic mass is 10.1. The van der Waals surface area contributed by atoms with Crippen LogP contribution < -0.4 is 11.1 Å². The number of nitrogen functional groups attached to an aromatic ring is 1. The van der Waals surface area contributed by atoms with E-state index in [9.17, 15) is 13.4 Å². The third-order valence-electron chi connectivity index (χ3n) is 3.70. The normalized spacial score (nSPS) is 18.0. The van der Waals surface area contributed by atoms with Gasteiger partial charge in [0.25, 0.3) is 0 Å². The number of anilines is 1. The maximum atomic E-state index is 13.0. The van der Waals surface area contributed by atoms with Gasteiger partial charge in [-0.25, -0.2) is 4.39 Å². The quantitative estimate of drug-likeness (QED) is 0.662. The first kappa shape index (κ1) is 15.9. The molecule has 21 heavy (non-hydrogen) atoms. The summed E-state index contributed by atoms with van der Waals surface area (Å²) in [5, 5.41) is 2.94. The second-order valence-electron chi connectivity index (χ2n) is 5.43. The molecule has 6 heteroatoms. The van der Waals surface area contributed by atoms with Crippen LogP contribution in [-0.4, -0.2) is 21.9 Å². The van der Waals surface area contributed by atoms with Gasteiger partial charge in [0.05, 0.1) is 21.4 Å². The molecule has 1 aliphatic carbocycles. The minimum Gasteiger partial charge on any atom is -0.398 e. The van der Waals surface area contributed by atoms with Gasteiger partial charge >= 0.3 is 0 Å². The second-order valence-corrected chi connectivity index (χ2v) is 6.85. The molecule has 2 rings (SSSR count). The minimum absolute atomic E-state index is 0.121. The summed E-state index contributed by atoms with van der Waals surface area (Å²) >= 11 is 0. The van der Waals surface area contributed by atoms with E-state index in [1.807, 2.05) is 0 Å². The molecule has 0 aromatic heterocycles. The topological polar surface area (TPSA) is 72.2 Å². The third-order valence-corrected chi connectivity index (χ3v) is 5.09. The maximum absolute atomic E-state index is 13.0. The molecule has 0 radical (unpaired) electrons. The fourth-order valence-electron chi connectivity index (χ4n) is 2.62. The van der Waals surface area contributed by atoms with Gasteiger partial charge in [0, 0.05) is 6.04 Å². The average Bonchev–Trinajstić information content (AvgIpc) is 2.66. The number of halogens is 1. The molecule has 4 nitrogen and oxygen atoms in total. The number of carbonyl (C=O) groups is 1. The Morgan fingerprint density at radius 3 is 2.57 bits per heavy atom. The lowest BCUT2D eigenvalue weighted by Crippen LogP contribution is -2.37. The Kier molecular flexibility index (Phi) is 5.73. The molecule has 1 atom stereocenters. The van der Waals surface area contributed by atoms with Gasteiger partial charge in [0.15, 0.2) is 0 Å². The SMILES string of the molecule is Nc1cc(F)ccc1S(=O)CC(=O)NC1CCCCCC1. The summed E-state index contributed by atoms with van der Waals surface area (Å²) in [7, 11) is -1.55. The molecule has 1 fully saturated rings. The van der Waals surface area contributed by atoms with Crippen molar-refractivity contribution in [1.82, 2.24) is 5.32 Å². The van der Waals surface area contributed by atoms with E-state index in [0.29, 0.717) is 4.90 Å². The summed E-state index contributed by atoms with van der Waals surface area (Å²) in [6, 6.07) is 3.88. The zero-order chi connectivity index (χ0) is 15.2. The van der Waals surface area contributed by atoms with E-state index in [4.69, 9.17) is 5.73 Å². The highest BCUT2D eigenvalue weighted by molar-refractivity contribution is 7.86. The van der Waals surface area contributed by atoms with Gasteiger partial charge in [-0.15, -0.1) is 0 Å². The van der Waals surface area contributed by atoms with Crippen LogP contribution in [0.3, 0.4) is 0 Å². The monoisotopic (exact) mass is 312 g/mol. The van der Waals surface area contributed by atoms with Crippen molar-refractivity contribution in [2.45, 2.75) is 49.5 Å². The molecule has 116 valence electrons. The van der Waals surface area contributed by atoms with Gasteiger partial charge in [0.2, 0.25) is 5.91 Å². The highest BCUT2D eigenvalue weighted by Crippen LogP contribution is 2.19. The Balaban J connectivity index is 1.90. The summed E-state index contributed by atoms with van der Waals surface area (Å²) in [5.41, 5.74) is 5.76. The number of rotatable bonds is 4. The van der Waals surface area contributed by atoms with E-state index < -0.39 is 16.6 Å². The number of nitrogens with one attached hydrogen (secondary N) is 1. The van der Waals surface area contributed by atoms with Crippen LogP contribution in [0.4, 0.5) is 10.1 Å². The molecular weight excluding hydrogens is 291 g/mol.